The number of nitrogens with one attached hydrogen (secondary N) is 2. The maximum absolute atomic E-state index is 4.62. The predicted octanol–water partition coefficient (Wildman–Crippen LogP) is 6.89. The van der Waals surface area contributed by atoms with Crippen molar-refractivity contribution in [3.05, 3.63) is 114 Å². The van der Waals surface area contributed by atoms with E-state index < -0.39 is 0 Å². The molecular formula is C29H21N5Pd. The minimum absolute atomic E-state index is 0. The van der Waals surface area contributed by atoms with Gasteiger partial charge in [0.1, 0.15) is 0 Å². The molecule has 6 heteroatoms. The molecule has 5 aromatic rings. The maximum Gasteiger partial charge on any atom is 0.0701 e. The molecule has 0 unspecified atom stereocenters. The molecule has 0 saturated heterocycles. The molecule has 6 heterocycles. The molecule has 7 rings (SSSR count). The summed E-state index contributed by atoms with van der Waals surface area (Å²) in [5, 5.41) is 1.20. The van der Waals surface area contributed by atoms with E-state index in [9.17, 15) is 0 Å². The first-order valence-electron chi connectivity index (χ1n) is 11.1. The first-order chi connectivity index (χ1) is 16.8. The van der Waals surface area contributed by atoms with Gasteiger partial charge in [0.15, 0.2) is 0 Å². The van der Waals surface area contributed by atoms with Crippen molar-refractivity contribution in [3.8, 4) is 0 Å². The molecule has 0 radical (unpaired) electrons. The van der Waals surface area contributed by atoms with Gasteiger partial charge in [-0.25, -0.2) is 9.97 Å². The summed E-state index contributed by atoms with van der Waals surface area (Å²) in [7, 11) is 0. The number of hydrogen-bond donors (Lipinski definition) is 2. The minimum atomic E-state index is 0. The fourth-order valence-corrected chi connectivity index (χ4v) is 3.96. The monoisotopic (exact) mass is 545 g/mol. The zero-order valence-corrected chi connectivity index (χ0v) is 20.2. The second-order valence-electron chi connectivity index (χ2n) is 8.10. The summed E-state index contributed by atoms with van der Waals surface area (Å²) in [5.74, 6) is 0. The summed E-state index contributed by atoms with van der Waals surface area (Å²) in [5.41, 5.74) is 8.92. The molecule has 2 aliphatic rings. The minimum Gasteiger partial charge on any atom is -0.355 e. The van der Waals surface area contributed by atoms with Crippen LogP contribution < -0.4 is 0 Å². The molecular weight excluding hydrogens is 525 g/mol. The van der Waals surface area contributed by atoms with E-state index in [1.54, 1.807) is 0 Å². The van der Waals surface area contributed by atoms with Crippen LogP contribution in [0.3, 0.4) is 0 Å². The van der Waals surface area contributed by atoms with Crippen LogP contribution in [0.25, 0.3) is 57.3 Å². The second kappa shape index (κ2) is 10.0. The van der Waals surface area contributed by atoms with Crippen molar-refractivity contribution in [1.82, 2.24) is 24.9 Å². The molecule has 0 fully saturated rings. The Kier molecular flexibility index (Phi) is 6.49. The Balaban J connectivity index is 0.000000194. The van der Waals surface area contributed by atoms with Gasteiger partial charge >= 0.3 is 0 Å². The van der Waals surface area contributed by atoms with Crippen molar-refractivity contribution >= 4 is 57.3 Å². The molecule has 8 bridgehead atoms. The van der Waals surface area contributed by atoms with Gasteiger partial charge in [-0.15, -0.1) is 0 Å². The van der Waals surface area contributed by atoms with Gasteiger partial charge in [0.2, 0.25) is 0 Å². The molecule has 4 aromatic heterocycles. The Morgan fingerprint density at radius 3 is 1.54 bits per heavy atom. The normalized spacial score (nSPS) is 11.5. The van der Waals surface area contributed by atoms with Crippen molar-refractivity contribution in [2.24, 2.45) is 0 Å². The van der Waals surface area contributed by atoms with Crippen molar-refractivity contribution in [1.29, 1.82) is 0 Å². The van der Waals surface area contributed by atoms with Crippen molar-refractivity contribution < 1.29 is 20.4 Å². The van der Waals surface area contributed by atoms with E-state index in [4.69, 9.17) is 0 Å². The number of rotatable bonds is 0. The van der Waals surface area contributed by atoms with Crippen LogP contribution in [0.5, 0.6) is 0 Å². The molecule has 0 amide bonds. The molecule has 0 atom stereocenters. The van der Waals surface area contributed by atoms with Crippen LogP contribution in [-0.2, 0) is 20.4 Å². The summed E-state index contributed by atoms with van der Waals surface area (Å²) in [6.45, 7) is 0. The average Bonchev–Trinajstić information content (AvgIpc) is 3.66. The number of nitrogens with zero attached hydrogens (tertiary/aromatic N) is 3. The molecule has 172 valence electrons. The molecule has 5 nitrogen and oxygen atoms in total. The standard InChI is InChI=1S/C20H14N4.C9H7N.Pd/c1-2-14-10-16-5-6-18(23-16)12-20-8-7-19(24-20)11-17-4-3-15(22-17)9-13(1)21-14;1-2-6-9-8(4-1)5-3-7-10-9;/h1-12,21-22H;1-7H;. The van der Waals surface area contributed by atoms with E-state index in [0.29, 0.717) is 0 Å². The van der Waals surface area contributed by atoms with Crippen molar-refractivity contribution in [2.45, 2.75) is 0 Å². The van der Waals surface area contributed by atoms with E-state index >= 15 is 0 Å². The van der Waals surface area contributed by atoms with Crippen LogP contribution in [0.15, 0.2) is 91.1 Å². The summed E-state index contributed by atoms with van der Waals surface area (Å²) in [6, 6.07) is 28.5. The van der Waals surface area contributed by atoms with Crippen molar-refractivity contribution in [3.63, 3.8) is 0 Å². The number of aromatic amines is 2. The van der Waals surface area contributed by atoms with E-state index in [0.717, 1.165) is 50.4 Å². The van der Waals surface area contributed by atoms with Crippen LogP contribution in [0, 0.1) is 0 Å². The smallest absolute Gasteiger partial charge is 0.0701 e. The van der Waals surface area contributed by atoms with Gasteiger partial charge in [-0.05, 0) is 85.0 Å². The molecule has 1 aromatic carbocycles. The Bertz CT molecular complexity index is 1570. The number of hydrogen-bond acceptors (Lipinski definition) is 3. The number of aromatic nitrogens is 5. The van der Waals surface area contributed by atoms with Crippen molar-refractivity contribution in [2.75, 3.05) is 0 Å². The average molecular weight is 546 g/mol. The van der Waals surface area contributed by atoms with E-state index in [2.05, 4.69) is 67.4 Å². The van der Waals surface area contributed by atoms with Gasteiger partial charge in [0, 0.05) is 54.1 Å². The third kappa shape index (κ3) is 5.36. The molecule has 0 aliphatic carbocycles. The number of fused-ring (bicyclic) bond motifs is 9. The fraction of sp³-hybridized carbons (Fsp3) is 0. The van der Waals surface area contributed by atoms with Crippen LogP contribution in [0.2, 0.25) is 0 Å². The number of para-hydroxylation sites is 1. The van der Waals surface area contributed by atoms with Crippen LogP contribution in [0.1, 0.15) is 22.8 Å². The third-order valence-electron chi connectivity index (χ3n) is 5.55. The zero-order chi connectivity index (χ0) is 22.7. The second-order valence-corrected chi connectivity index (χ2v) is 8.10. The molecule has 2 aliphatic heterocycles. The van der Waals surface area contributed by atoms with Crippen LogP contribution >= 0.6 is 0 Å². The Labute approximate surface area is 216 Å². The Hall–Kier alpha value is -4.11. The van der Waals surface area contributed by atoms with Crippen LogP contribution in [0.4, 0.5) is 0 Å². The summed E-state index contributed by atoms with van der Waals surface area (Å²) in [6.07, 6.45) is 9.86. The summed E-state index contributed by atoms with van der Waals surface area (Å²) >= 11 is 0. The first-order valence-corrected chi connectivity index (χ1v) is 11.1. The number of pyridine rings is 1. The van der Waals surface area contributed by atoms with E-state index in [1.807, 2.05) is 73.0 Å². The van der Waals surface area contributed by atoms with Gasteiger partial charge < -0.3 is 9.97 Å². The third-order valence-corrected chi connectivity index (χ3v) is 5.55. The predicted molar refractivity (Wildman–Crippen MR) is 141 cm³/mol. The number of H-pyrrole nitrogens is 2. The van der Waals surface area contributed by atoms with Gasteiger partial charge in [0.25, 0.3) is 0 Å². The summed E-state index contributed by atoms with van der Waals surface area (Å²) in [4.78, 5) is 20.2. The van der Waals surface area contributed by atoms with Gasteiger partial charge in [-0.3, -0.25) is 4.98 Å². The summed E-state index contributed by atoms with van der Waals surface area (Å²) < 4.78 is 0. The molecule has 35 heavy (non-hydrogen) atoms. The topological polar surface area (TPSA) is 70.2 Å². The Morgan fingerprint density at radius 2 is 0.971 bits per heavy atom. The first kappa shape index (κ1) is 22.7. The van der Waals surface area contributed by atoms with Gasteiger partial charge in [-0.2, -0.15) is 0 Å². The van der Waals surface area contributed by atoms with E-state index in [-0.39, 0.29) is 20.4 Å². The largest absolute Gasteiger partial charge is 0.355 e. The quantitative estimate of drug-likeness (QED) is 0.204. The van der Waals surface area contributed by atoms with Gasteiger partial charge in [0.05, 0.1) is 28.3 Å². The number of benzene rings is 1. The molecule has 2 N–H and O–H groups in total. The SMILES string of the molecule is C1=Cc2cc3ccc(cc4ccc(cc5nc(cc1n2)C=C5)[nH]4)[nH]3.[Pd].c1ccc2ncccc2c1. The zero-order valence-electron chi connectivity index (χ0n) is 18.6. The van der Waals surface area contributed by atoms with Gasteiger partial charge in [-0.1, -0.05) is 24.3 Å². The Morgan fingerprint density at radius 1 is 0.486 bits per heavy atom. The van der Waals surface area contributed by atoms with E-state index in [1.165, 1.54) is 5.39 Å². The molecule has 0 saturated carbocycles. The fourth-order valence-electron chi connectivity index (χ4n) is 3.96. The van der Waals surface area contributed by atoms with Crippen LogP contribution in [-0.4, -0.2) is 24.9 Å². The molecule has 0 spiro atoms. The maximum atomic E-state index is 4.62.